The van der Waals surface area contributed by atoms with Gasteiger partial charge in [0.1, 0.15) is 0 Å². The highest BCUT2D eigenvalue weighted by atomic mass is 35.5. The zero-order chi connectivity index (χ0) is 14.5. The fourth-order valence-corrected chi connectivity index (χ4v) is 5.11. The molecule has 0 saturated heterocycles. The topological polar surface area (TPSA) is 29.1 Å². The Hall–Kier alpha value is -0.380. The molecule has 0 spiro atoms. The number of nitrogens with one attached hydrogen (secondary N) is 1. The van der Waals surface area contributed by atoms with Crippen LogP contribution in [0.1, 0.15) is 38.7 Å². The lowest BCUT2D eigenvalue weighted by Gasteiger charge is -2.21. The van der Waals surface area contributed by atoms with Crippen molar-refractivity contribution in [2.45, 2.75) is 50.2 Å². The van der Waals surface area contributed by atoms with Gasteiger partial charge in [-0.15, -0.1) is 0 Å². The van der Waals surface area contributed by atoms with Crippen LogP contribution in [-0.2, 0) is 16.6 Å². The van der Waals surface area contributed by atoms with Gasteiger partial charge in [-0.2, -0.15) is 0 Å². The van der Waals surface area contributed by atoms with E-state index in [9.17, 15) is 4.21 Å². The second kappa shape index (κ2) is 7.58. The van der Waals surface area contributed by atoms with E-state index in [1.807, 2.05) is 24.3 Å². The van der Waals surface area contributed by atoms with Crippen LogP contribution in [0, 0.1) is 5.92 Å². The maximum Gasteiger partial charge on any atom is 0.0503 e. The van der Waals surface area contributed by atoms with Gasteiger partial charge in [0.15, 0.2) is 0 Å². The Morgan fingerprint density at radius 3 is 2.80 bits per heavy atom. The average molecular weight is 314 g/mol. The van der Waals surface area contributed by atoms with E-state index in [0.717, 1.165) is 36.4 Å². The lowest BCUT2D eigenvalue weighted by Crippen LogP contribution is -2.35. The van der Waals surface area contributed by atoms with E-state index in [-0.39, 0.29) is 0 Å². The van der Waals surface area contributed by atoms with Gasteiger partial charge >= 0.3 is 0 Å². The molecule has 0 aromatic heterocycles. The molecule has 112 valence electrons. The van der Waals surface area contributed by atoms with Gasteiger partial charge in [-0.3, -0.25) is 4.21 Å². The molecule has 1 aliphatic rings. The van der Waals surface area contributed by atoms with Crippen molar-refractivity contribution in [2.24, 2.45) is 5.92 Å². The van der Waals surface area contributed by atoms with Crippen LogP contribution in [0.5, 0.6) is 0 Å². The summed E-state index contributed by atoms with van der Waals surface area (Å²) in [6.45, 7) is 5.47. The van der Waals surface area contributed by atoms with E-state index in [1.54, 1.807) is 0 Å². The minimum Gasteiger partial charge on any atom is -0.314 e. The predicted octanol–water partition coefficient (Wildman–Crippen LogP) is 3.76. The highest BCUT2D eigenvalue weighted by Crippen LogP contribution is 2.31. The van der Waals surface area contributed by atoms with Crippen LogP contribution in [0.25, 0.3) is 0 Å². The maximum absolute atomic E-state index is 12.6. The van der Waals surface area contributed by atoms with Crippen molar-refractivity contribution in [3.05, 3.63) is 34.9 Å². The number of hydrogen-bond acceptors (Lipinski definition) is 2. The molecule has 0 amide bonds. The van der Waals surface area contributed by atoms with Crippen molar-refractivity contribution in [1.29, 1.82) is 0 Å². The smallest absolute Gasteiger partial charge is 0.0503 e. The van der Waals surface area contributed by atoms with E-state index in [2.05, 4.69) is 19.2 Å². The Kier molecular flexibility index (Phi) is 6.06. The second-order valence-electron chi connectivity index (χ2n) is 5.65. The molecule has 1 aliphatic carbocycles. The van der Waals surface area contributed by atoms with Crippen LogP contribution in [0.2, 0.25) is 5.02 Å². The minimum absolute atomic E-state index is 0.292. The molecule has 1 aromatic rings. The van der Waals surface area contributed by atoms with Crippen LogP contribution in [0.3, 0.4) is 0 Å². The van der Waals surface area contributed by atoms with Crippen LogP contribution < -0.4 is 5.32 Å². The summed E-state index contributed by atoms with van der Waals surface area (Å²) in [6.07, 6.45) is 3.34. The Balaban J connectivity index is 1.95. The Labute approximate surface area is 129 Å². The summed E-state index contributed by atoms with van der Waals surface area (Å²) in [5, 5.41) is 4.60. The Bertz CT molecular complexity index is 466. The molecule has 2 nitrogen and oxygen atoms in total. The number of halogens is 1. The SMILES string of the molecule is CCCNC1CCC(S(=O)Cc2ccccc2Cl)C1C. The van der Waals surface area contributed by atoms with E-state index < -0.39 is 10.8 Å². The number of benzene rings is 1. The molecule has 4 heteroatoms. The molecule has 20 heavy (non-hydrogen) atoms. The van der Waals surface area contributed by atoms with Gasteiger partial charge in [-0.05, 0) is 43.4 Å². The van der Waals surface area contributed by atoms with Gasteiger partial charge in [0.2, 0.25) is 0 Å². The standard InChI is InChI=1S/C16H24ClNOS/c1-3-10-18-15-8-9-16(12(15)2)20(19)11-13-6-4-5-7-14(13)17/h4-7,12,15-16,18H,3,8-11H2,1-2H3. The molecule has 4 atom stereocenters. The van der Waals surface area contributed by atoms with Crippen molar-refractivity contribution >= 4 is 22.4 Å². The second-order valence-corrected chi connectivity index (χ2v) is 7.71. The summed E-state index contributed by atoms with van der Waals surface area (Å²) >= 11 is 6.16. The van der Waals surface area contributed by atoms with Crippen LogP contribution in [0.4, 0.5) is 0 Å². The summed E-state index contributed by atoms with van der Waals surface area (Å²) in [5.74, 6) is 1.06. The lowest BCUT2D eigenvalue weighted by molar-refractivity contribution is 0.429. The zero-order valence-electron chi connectivity index (χ0n) is 12.3. The highest BCUT2D eigenvalue weighted by molar-refractivity contribution is 7.84. The molecule has 0 bridgehead atoms. The Morgan fingerprint density at radius 1 is 1.35 bits per heavy atom. The van der Waals surface area contributed by atoms with Gasteiger partial charge in [-0.1, -0.05) is 43.6 Å². The van der Waals surface area contributed by atoms with Gasteiger partial charge in [-0.25, -0.2) is 0 Å². The van der Waals surface area contributed by atoms with Crippen molar-refractivity contribution < 1.29 is 4.21 Å². The molecule has 4 unspecified atom stereocenters. The first-order valence-electron chi connectivity index (χ1n) is 7.47. The highest BCUT2D eigenvalue weighted by Gasteiger charge is 2.35. The van der Waals surface area contributed by atoms with Crippen molar-refractivity contribution in [2.75, 3.05) is 6.54 Å². The van der Waals surface area contributed by atoms with E-state index >= 15 is 0 Å². The van der Waals surface area contributed by atoms with Crippen molar-refractivity contribution in [3.63, 3.8) is 0 Å². The van der Waals surface area contributed by atoms with Crippen LogP contribution >= 0.6 is 11.6 Å². The molecule has 1 fully saturated rings. The van der Waals surface area contributed by atoms with Crippen LogP contribution in [0.15, 0.2) is 24.3 Å². The molecule has 0 aliphatic heterocycles. The summed E-state index contributed by atoms with van der Waals surface area (Å²) in [7, 11) is -0.837. The number of hydrogen-bond donors (Lipinski definition) is 1. The zero-order valence-corrected chi connectivity index (χ0v) is 13.8. The maximum atomic E-state index is 12.6. The minimum atomic E-state index is -0.837. The summed E-state index contributed by atoms with van der Waals surface area (Å²) in [4.78, 5) is 0. The molecular formula is C16H24ClNOS. The normalized spacial score (nSPS) is 27.6. The van der Waals surface area contributed by atoms with E-state index in [0.29, 0.717) is 23.0 Å². The van der Waals surface area contributed by atoms with Gasteiger partial charge in [0.25, 0.3) is 0 Å². The molecule has 1 aromatic carbocycles. The first-order chi connectivity index (χ1) is 9.63. The van der Waals surface area contributed by atoms with Crippen molar-refractivity contribution in [1.82, 2.24) is 5.32 Å². The molecule has 0 heterocycles. The monoisotopic (exact) mass is 313 g/mol. The predicted molar refractivity (Wildman–Crippen MR) is 87.6 cm³/mol. The van der Waals surface area contributed by atoms with Crippen LogP contribution in [-0.4, -0.2) is 22.0 Å². The van der Waals surface area contributed by atoms with E-state index in [1.165, 1.54) is 0 Å². The van der Waals surface area contributed by atoms with Crippen molar-refractivity contribution in [3.8, 4) is 0 Å². The van der Waals surface area contributed by atoms with Gasteiger partial charge in [0, 0.05) is 27.1 Å². The Morgan fingerprint density at radius 2 is 2.10 bits per heavy atom. The van der Waals surface area contributed by atoms with E-state index in [4.69, 9.17) is 11.6 Å². The molecule has 2 rings (SSSR count). The third kappa shape index (κ3) is 3.84. The molecule has 1 N–H and O–H groups in total. The summed E-state index contributed by atoms with van der Waals surface area (Å²) in [5.41, 5.74) is 1.00. The fourth-order valence-electron chi connectivity index (χ4n) is 2.99. The third-order valence-corrected chi connectivity index (χ3v) is 6.54. The van der Waals surface area contributed by atoms with Gasteiger partial charge in [0.05, 0.1) is 5.75 Å². The first kappa shape index (κ1) is 16.0. The first-order valence-corrected chi connectivity index (χ1v) is 9.23. The molecule has 0 radical (unpaired) electrons. The quantitative estimate of drug-likeness (QED) is 0.866. The molecule has 1 saturated carbocycles. The fraction of sp³-hybridized carbons (Fsp3) is 0.625. The lowest BCUT2D eigenvalue weighted by atomic mass is 10.1. The summed E-state index contributed by atoms with van der Waals surface area (Å²) in [6, 6.07) is 8.25. The average Bonchev–Trinajstić information content (AvgIpc) is 2.80. The van der Waals surface area contributed by atoms with Gasteiger partial charge < -0.3 is 5.32 Å². The third-order valence-electron chi connectivity index (χ3n) is 4.23. The molecular weight excluding hydrogens is 290 g/mol. The largest absolute Gasteiger partial charge is 0.314 e. The summed E-state index contributed by atoms with van der Waals surface area (Å²) < 4.78 is 12.6. The number of rotatable bonds is 6.